The van der Waals surface area contributed by atoms with E-state index in [1.807, 2.05) is 18.2 Å². The Bertz CT molecular complexity index is 416. The molecule has 2 saturated carbocycles. The topological polar surface area (TPSA) is 23.5 Å². The van der Waals surface area contributed by atoms with E-state index in [1.54, 1.807) is 0 Å². The zero-order valence-electron chi connectivity index (χ0n) is 11.3. The molecule has 0 amide bonds. The van der Waals surface area contributed by atoms with E-state index in [1.165, 1.54) is 19.3 Å². The lowest BCUT2D eigenvalue weighted by molar-refractivity contribution is -0.0731. The van der Waals surface area contributed by atoms with Gasteiger partial charge in [-0.3, -0.25) is 0 Å². The summed E-state index contributed by atoms with van der Waals surface area (Å²) >= 11 is 0. The Balaban J connectivity index is 1.97. The normalized spacial score (nSPS) is 38.6. The third kappa shape index (κ3) is 1.70. The van der Waals surface area contributed by atoms with Crippen LogP contribution >= 0.6 is 0 Å². The van der Waals surface area contributed by atoms with Crippen LogP contribution in [-0.2, 0) is 5.60 Å². The molecular weight excluding hydrogens is 222 g/mol. The second-order valence-electron chi connectivity index (χ2n) is 6.33. The van der Waals surface area contributed by atoms with E-state index in [0.717, 1.165) is 12.1 Å². The number of aliphatic hydroxyl groups is 1. The van der Waals surface area contributed by atoms with E-state index in [-0.39, 0.29) is 0 Å². The SMILES string of the molecule is CN(C)CC1C2CCC(C2)C1(O)c1ccccc1. The van der Waals surface area contributed by atoms with Crippen LogP contribution in [0.5, 0.6) is 0 Å². The van der Waals surface area contributed by atoms with Crippen LogP contribution in [0.3, 0.4) is 0 Å². The van der Waals surface area contributed by atoms with Crippen molar-refractivity contribution in [2.75, 3.05) is 20.6 Å². The molecule has 2 bridgehead atoms. The van der Waals surface area contributed by atoms with Crippen molar-refractivity contribution < 1.29 is 5.11 Å². The molecule has 2 nitrogen and oxygen atoms in total. The average molecular weight is 245 g/mol. The molecule has 0 saturated heterocycles. The summed E-state index contributed by atoms with van der Waals surface area (Å²) in [5.41, 5.74) is 0.540. The van der Waals surface area contributed by atoms with Gasteiger partial charge < -0.3 is 10.0 Å². The molecule has 3 rings (SSSR count). The molecule has 4 atom stereocenters. The summed E-state index contributed by atoms with van der Waals surface area (Å²) in [7, 11) is 4.22. The molecule has 0 aliphatic heterocycles. The van der Waals surface area contributed by atoms with Gasteiger partial charge in [0.25, 0.3) is 0 Å². The molecule has 0 aromatic heterocycles. The number of rotatable bonds is 3. The standard InChI is InChI=1S/C16H23NO/c1-17(2)11-15-12-8-9-14(10-12)16(15,18)13-6-4-3-5-7-13/h3-7,12,14-15,18H,8-11H2,1-2H3. The smallest absolute Gasteiger partial charge is 0.0967 e. The fourth-order valence-electron chi connectivity index (χ4n) is 4.28. The van der Waals surface area contributed by atoms with E-state index >= 15 is 0 Å². The van der Waals surface area contributed by atoms with Crippen LogP contribution in [0.2, 0.25) is 0 Å². The molecular formula is C16H23NO. The summed E-state index contributed by atoms with van der Waals surface area (Å²) in [6.45, 7) is 0.993. The van der Waals surface area contributed by atoms with Gasteiger partial charge in [-0.25, -0.2) is 0 Å². The largest absolute Gasteiger partial charge is 0.385 e. The zero-order valence-corrected chi connectivity index (χ0v) is 11.3. The minimum Gasteiger partial charge on any atom is -0.385 e. The van der Waals surface area contributed by atoms with Gasteiger partial charge in [-0.05, 0) is 50.8 Å². The van der Waals surface area contributed by atoms with Crippen LogP contribution < -0.4 is 0 Å². The highest BCUT2D eigenvalue weighted by Gasteiger charge is 2.57. The quantitative estimate of drug-likeness (QED) is 0.884. The number of hydrogen-bond acceptors (Lipinski definition) is 2. The Hall–Kier alpha value is -0.860. The molecule has 0 heterocycles. The molecule has 2 heteroatoms. The molecule has 18 heavy (non-hydrogen) atoms. The number of benzene rings is 1. The summed E-state index contributed by atoms with van der Waals surface area (Å²) in [5.74, 6) is 1.58. The maximum absolute atomic E-state index is 11.3. The van der Waals surface area contributed by atoms with Crippen molar-refractivity contribution in [3.8, 4) is 0 Å². The van der Waals surface area contributed by atoms with Gasteiger partial charge in [0.15, 0.2) is 0 Å². The molecule has 2 aliphatic carbocycles. The van der Waals surface area contributed by atoms with Crippen LogP contribution in [0, 0.1) is 17.8 Å². The van der Waals surface area contributed by atoms with E-state index in [4.69, 9.17) is 0 Å². The third-order valence-corrected chi connectivity index (χ3v) is 5.03. The van der Waals surface area contributed by atoms with Crippen LogP contribution in [0.15, 0.2) is 30.3 Å². The Labute approximate surface area is 110 Å². The van der Waals surface area contributed by atoms with Crippen molar-refractivity contribution in [2.45, 2.75) is 24.9 Å². The molecule has 1 aromatic carbocycles. The van der Waals surface area contributed by atoms with Gasteiger partial charge in [0.1, 0.15) is 0 Å². The van der Waals surface area contributed by atoms with Gasteiger partial charge >= 0.3 is 0 Å². The minimum absolute atomic E-state index is 0.397. The number of nitrogens with zero attached hydrogens (tertiary/aromatic N) is 1. The number of fused-ring (bicyclic) bond motifs is 2. The maximum Gasteiger partial charge on any atom is 0.0967 e. The van der Waals surface area contributed by atoms with Gasteiger partial charge in [0.2, 0.25) is 0 Å². The van der Waals surface area contributed by atoms with Gasteiger partial charge in [-0.2, -0.15) is 0 Å². The highest BCUT2D eigenvalue weighted by molar-refractivity contribution is 5.28. The summed E-state index contributed by atoms with van der Waals surface area (Å²) in [6, 6.07) is 10.3. The van der Waals surface area contributed by atoms with Crippen LogP contribution in [0.4, 0.5) is 0 Å². The van der Waals surface area contributed by atoms with Gasteiger partial charge in [-0.1, -0.05) is 30.3 Å². The Morgan fingerprint density at radius 2 is 1.94 bits per heavy atom. The lowest BCUT2D eigenvalue weighted by atomic mass is 9.71. The lowest BCUT2D eigenvalue weighted by Gasteiger charge is -2.41. The lowest BCUT2D eigenvalue weighted by Crippen LogP contribution is -2.45. The van der Waals surface area contributed by atoms with Crippen LogP contribution in [-0.4, -0.2) is 30.6 Å². The molecule has 2 aliphatic rings. The maximum atomic E-state index is 11.3. The first-order valence-corrected chi connectivity index (χ1v) is 7.05. The third-order valence-electron chi connectivity index (χ3n) is 5.03. The Morgan fingerprint density at radius 3 is 2.61 bits per heavy atom. The van der Waals surface area contributed by atoms with Crippen molar-refractivity contribution in [1.29, 1.82) is 0 Å². The summed E-state index contributed by atoms with van der Waals surface area (Å²) < 4.78 is 0. The van der Waals surface area contributed by atoms with Crippen molar-refractivity contribution >= 4 is 0 Å². The highest BCUT2D eigenvalue weighted by Crippen LogP contribution is 2.59. The average Bonchev–Trinajstić information content (AvgIpc) is 2.93. The summed E-state index contributed by atoms with van der Waals surface area (Å²) in [5, 5.41) is 11.3. The van der Waals surface area contributed by atoms with E-state index in [9.17, 15) is 5.11 Å². The molecule has 1 aromatic rings. The minimum atomic E-state index is -0.589. The fourth-order valence-corrected chi connectivity index (χ4v) is 4.28. The van der Waals surface area contributed by atoms with Gasteiger partial charge in [-0.15, -0.1) is 0 Å². The first kappa shape index (κ1) is 12.2. The predicted octanol–water partition coefficient (Wildman–Crippen LogP) is 2.48. The first-order valence-electron chi connectivity index (χ1n) is 7.05. The highest BCUT2D eigenvalue weighted by atomic mass is 16.3. The summed E-state index contributed by atoms with van der Waals surface area (Å²) in [4.78, 5) is 2.22. The molecule has 98 valence electrons. The summed E-state index contributed by atoms with van der Waals surface area (Å²) in [6.07, 6.45) is 3.71. The molecule has 2 fully saturated rings. The van der Waals surface area contributed by atoms with Crippen molar-refractivity contribution in [2.24, 2.45) is 17.8 Å². The monoisotopic (exact) mass is 245 g/mol. The Morgan fingerprint density at radius 1 is 1.22 bits per heavy atom. The fraction of sp³-hybridized carbons (Fsp3) is 0.625. The second kappa shape index (κ2) is 4.36. The molecule has 1 N–H and O–H groups in total. The van der Waals surface area contributed by atoms with E-state index in [2.05, 4.69) is 31.1 Å². The van der Waals surface area contributed by atoms with Crippen molar-refractivity contribution in [3.05, 3.63) is 35.9 Å². The molecule has 4 unspecified atom stereocenters. The Kier molecular flexibility index (Phi) is 2.95. The van der Waals surface area contributed by atoms with E-state index < -0.39 is 5.60 Å². The van der Waals surface area contributed by atoms with Crippen LogP contribution in [0.1, 0.15) is 24.8 Å². The van der Waals surface area contributed by atoms with Gasteiger partial charge in [0.05, 0.1) is 5.60 Å². The molecule has 0 spiro atoms. The van der Waals surface area contributed by atoms with E-state index in [0.29, 0.717) is 17.8 Å². The second-order valence-corrected chi connectivity index (χ2v) is 6.33. The van der Waals surface area contributed by atoms with Crippen LogP contribution in [0.25, 0.3) is 0 Å². The predicted molar refractivity (Wildman–Crippen MR) is 73.2 cm³/mol. The van der Waals surface area contributed by atoms with Crippen molar-refractivity contribution in [1.82, 2.24) is 4.90 Å². The van der Waals surface area contributed by atoms with Crippen molar-refractivity contribution in [3.63, 3.8) is 0 Å². The first-order chi connectivity index (χ1) is 8.62. The number of hydrogen-bond donors (Lipinski definition) is 1. The zero-order chi connectivity index (χ0) is 12.8. The molecule has 0 radical (unpaired) electrons. The van der Waals surface area contributed by atoms with Gasteiger partial charge in [0, 0.05) is 12.5 Å².